The molecule has 0 spiro atoms. The minimum absolute atomic E-state index is 0.114. The van der Waals surface area contributed by atoms with Crippen molar-refractivity contribution in [3.63, 3.8) is 0 Å². The molecule has 3 aromatic rings. The molecule has 2 heterocycles. The van der Waals surface area contributed by atoms with Crippen molar-refractivity contribution in [2.24, 2.45) is 10.7 Å². The fraction of sp³-hybridized carbons (Fsp3) is 0.227. The number of alkyl halides is 6. The number of imidazole rings is 1. The summed E-state index contributed by atoms with van der Waals surface area (Å²) >= 11 is 0. The third kappa shape index (κ3) is 7.19. The van der Waals surface area contributed by atoms with Crippen LogP contribution in [0, 0.1) is 11.3 Å². The molecule has 37 heavy (non-hydrogen) atoms. The van der Waals surface area contributed by atoms with Crippen molar-refractivity contribution in [2.75, 3.05) is 11.9 Å². The second-order valence-corrected chi connectivity index (χ2v) is 7.48. The summed E-state index contributed by atoms with van der Waals surface area (Å²) in [5, 5.41) is 16.9. The summed E-state index contributed by atoms with van der Waals surface area (Å²) in [5.41, 5.74) is 7.47. The summed E-state index contributed by atoms with van der Waals surface area (Å²) in [6.45, 7) is -1.49. The molecular formula is C22H18F6N8O. The number of aromatic nitrogens is 3. The van der Waals surface area contributed by atoms with E-state index in [2.05, 4.69) is 20.4 Å². The van der Waals surface area contributed by atoms with Crippen LogP contribution in [0.25, 0.3) is 22.5 Å². The smallest absolute Gasteiger partial charge is 0.404 e. The van der Waals surface area contributed by atoms with Crippen molar-refractivity contribution >= 4 is 29.2 Å². The molecule has 0 bridgehead atoms. The number of nitrogens with zero attached hydrogens (tertiary/aromatic N) is 5. The Kier molecular flexibility index (Phi) is 8.01. The predicted molar refractivity (Wildman–Crippen MR) is 122 cm³/mol. The number of rotatable bonds is 7. The van der Waals surface area contributed by atoms with E-state index in [0.717, 1.165) is 12.4 Å². The van der Waals surface area contributed by atoms with Crippen molar-refractivity contribution in [1.82, 2.24) is 19.9 Å². The first kappa shape index (κ1) is 27.0. The fourth-order valence-electron chi connectivity index (χ4n) is 3.07. The Morgan fingerprint density at radius 2 is 1.97 bits per heavy atom. The third-order valence-electron chi connectivity index (χ3n) is 4.80. The summed E-state index contributed by atoms with van der Waals surface area (Å²) in [6.07, 6.45) is -5.39. The van der Waals surface area contributed by atoms with Crippen LogP contribution >= 0.6 is 0 Å². The van der Waals surface area contributed by atoms with Gasteiger partial charge in [0, 0.05) is 34.8 Å². The lowest BCUT2D eigenvalue weighted by Crippen LogP contribution is -2.36. The predicted octanol–water partition coefficient (Wildman–Crippen LogP) is 4.30. The number of carbonyl (C=O) groups excluding carboxylic acids is 1. The van der Waals surface area contributed by atoms with Gasteiger partial charge in [0.1, 0.15) is 6.54 Å². The number of nitriles is 1. The normalized spacial score (nSPS) is 13.5. The highest BCUT2D eigenvalue weighted by atomic mass is 19.4. The maximum absolute atomic E-state index is 13.0. The molecule has 3 rings (SSSR count). The van der Waals surface area contributed by atoms with Crippen LogP contribution in [0.4, 0.5) is 36.8 Å². The molecule has 15 heteroatoms. The monoisotopic (exact) mass is 524 g/mol. The molecule has 9 nitrogen and oxygen atoms in total. The second kappa shape index (κ2) is 11.0. The number of nitrogens with two attached hydrogens (primary N) is 1. The van der Waals surface area contributed by atoms with Gasteiger partial charge in [0.15, 0.2) is 11.7 Å². The molecule has 2 aromatic heterocycles. The number of allylic oxidation sites excluding steroid dienone is 1. The Balaban J connectivity index is 1.82. The van der Waals surface area contributed by atoms with Gasteiger partial charge >= 0.3 is 18.4 Å². The number of hydrogen-bond donors (Lipinski definition) is 3. The highest BCUT2D eigenvalue weighted by Gasteiger charge is 2.39. The number of amides is 2. The van der Waals surface area contributed by atoms with E-state index in [9.17, 15) is 31.1 Å². The van der Waals surface area contributed by atoms with E-state index in [-0.39, 0.29) is 11.3 Å². The van der Waals surface area contributed by atoms with Gasteiger partial charge in [-0.05, 0) is 18.2 Å². The van der Waals surface area contributed by atoms with Gasteiger partial charge in [-0.3, -0.25) is 4.99 Å². The number of nitrogens with one attached hydrogen (secondary N) is 2. The summed E-state index contributed by atoms with van der Waals surface area (Å²) < 4.78 is 77.3. The molecule has 0 saturated carbocycles. The van der Waals surface area contributed by atoms with E-state index in [1.54, 1.807) is 17.4 Å². The van der Waals surface area contributed by atoms with Crippen LogP contribution < -0.4 is 16.4 Å². The maximum Gasteiger partial charge on any atom is 0.411 e. The molecule has 0 aliphatic heterocycles. The van der Waals surface area contributed by atoms with E-state index in [1.807, 2.05) is 0 Å². The third-order valence-corrected chi connectivity index (χ3v) is 4.80. The number of hydrogen-bond acceptors (Lipinski definition) is 6. The average molecular weight is 524 g/mol. The van der Waals surface area contributed by atoms with Crippen LogP contribution in [0.5, 0.6) is 0 Å². The van der Waals surface area contributed by atoms with Crippen LogP contribution in [-0.4, -0.2) is 51.8 Å². The van der Waals surface area contributed by atoms with Gasteiger partial charge in [-0.1, -0.05) is 12.1 Å². The Labute approximate surface area is 205 Å². The van der Waals surface area contributed by atoms with Gasteiger partial charge in [-0.25, -0.2) is 14.3 Å². The standard InChI is InChI=1S/C22H18F6N8O/c23-21(24,25)12-33-20(37)35-16-3-1-2-13(6-16)17-11-32-19-7-14(10-34-36(17)19)15(8-30)9-31-18(4-5-29)22(26,27)28/h1-3,6-11,18H,4,12,30H2,(H2,33,35,37). The number of fused-ring (bicyclic) bond motifs is 1. The highest BCUT2D eigenvalue weighted by Crippen LogP contribution is 2.27. The van der Waals surface area contributed by atoms with Crippen LogP contribution in [0.2, 0.25) is 0 Å². The largest absolute Gasteiger partial charge is 0.411 e. The summed E-state index contributed by atoms with van der Waals surface area (Å²) in [6, 6.07) is 5.88. The second-order valence-electron chi connectivity index (χ2n) is 7.48. The molecule has 0 radical (unpaired) electrons. The van der Waals surface area contributed by atoms with Crippen LogP contribution in [0.3, 0.4) is 0 Å². The molecule has 1 atom stereocenters. The highest BCUT2D eigenvalue weighted by molar-refractivity contribution is 6.09. The van der Waals surface area contributed by atoms with Gasteiger partial charge in [0.25, 0.3) is 0 Å². The number of benzene rings is 1. The van der Waals surface area contributed by atoms with Crippen molar-refractivity contribution < 1.29 is 31.1 Å². The minimum Gasteiger partial charge on any atom is -0.404 e. The molecular weight excluding hydrogens is 506 g/mol. The summed E-state index contributed by atoms with van der Waals surface area (Å²) in [5.74, 6) is 0. The van der Waals surface area contributed by atoms with E-state index in [0.29, 0.717) is 22.5 Å². The molecule has 0 fully saturated rings. The van der Waals surface area contributed by atoms with Crippen molar-refractivity contribution in [3.05, 3.63) is 54.5 Å². The van der Waals surface area contributed by atoms with E-state index < -0.39 is 37.4 Å². The van der Waals surface area contributed by atoms with Gasteiger partial charge in [0.05, 0.1) is 30.6 Å². The first-order valence-electron chi connectivity index (χ1n) is 10.4. The zero-order valence-electron chi connectivity index (χ0n) is 18.7. The summed E-state index contributed by atoms with van der Waals surface area (Å²) in [7, 11) is 0. The quantitative estimate of drug-likeness (QED) is 0.313. The van der Waals surface area contributed by atoms with Gasteiger partial charge in [-0.15, -0.1) is 0 Å². The number of urea groups is 1. The van der Waals surface area contributed by atoms with Crippen molar-refractivity contribution in [1.29, 1.82) is 5.26 Å². The van der Waals surface area contributed by atoms with E-state index in [1.165, 1.54) is 41.2 Å². The summed E-state index contributed by atoms with van der Waals surface area (Å²) in [4.78, 5) is 19.4. The van der Waals surface area contributed by atoms with Gasteiger partial charge in [0.2, 0.25) is 0 Å². The zero-order chi connectivity index (χ0) is 27.2. The molecule has 0 aliphatic carbocycles. The molecule has 1 unspecified atom stereocenters. The number of aliphatic imine (C=N–C) groups is 1. The molecule has 1 aromatic carbocycles. The molecule has 2 amide bonds. The number of anilines is 1. The van der Waals surface area contributed by atoms with Crippen LogP contribution in [0.15, 0.2) is 53.9 Å². The van der Waals surface area contributed by atoms with Gasteiger partial charge in [-0.2, -0.15) is 36.7 Å². The lowest BCUT2D eigenvalue weighted by Gasteiger charge is -2.13. The fourth-order valence-corrected chi connectivity index (χ4v) is 3.07. The first-order valence-corrected chi connectivity index (χ1v) is 10.4. The van der Waals surface area contributed by atoms with E-state index in [4.69, 9.17) is 11.0 Å². The van der Waals surface area contributed by atoms with Crippen LogP contribution in [0.1, 0.15) is 12.0 Å². The number of carbonyl (C=O) groups is 1. The lowest BCUT2D eigenvalue weighted by molar-refractivity contribution is -0.145. The Morgan fingerprint density at radius 3 is 2.62 bits per heavy atom. The zero-order valence-corrected chi connectivity index (χ0v) is 18.7. The average Bonchev–Trinajstić information content (AvgIpc) is 3.25. The molecule has 0 saturated heterocycles. The Hall–Kier alpha value is -4.61. The number of halogens is 6. The topological polar surface area (TPSA) is 133 Å². The minimum atomic E-state index is -4.70. The molecule has 0 aliphatic rings. The lowest BCUT2D eigenvalue weighted by atomic mass is 10.1. The SMILES string of the molecule is N#CCC(N=CC(=CN)c1cnn2c(-c3cccc(NC(=O)NCC(F)(F)F)c3)cnc2c1)C(F)(F)F. The maximum atomic E-state index is 13.0. The molecule has 194 valence electrons. The Morgan fingerprint density at radius 1 is 1.22 bits per heavy atom. The van der Waals surface area contributed by atoms with Crippen LogP contribution in [-0.2, 0) is 0 Å². The Bertz CT molecular complexity index is 1370. The van der Waals surface area contributed by atoms with Gasteiger partial charge < -0.3 is 16.4 Å². The first-order chi connectivity index (χ1) is 17.4. The van der Waals surface area contributed by atoms with E-state index >= 15 is 0 Å². The van der Waals surface area contributed by atoms with Crippen molar-refractivity contribution in [2.45, 2.75) is 24.8 Å². The molecule has 4 N–H and O–H groups in total. The van der Waals surface area contributed by atoms with Crippen molar-refractivity contribution in [3.8, 4) is 17.3 Å².